The van der Waals surface area contributed by atoms with Crippen LogP contribution in [0.25, 0.3) is 0 Å². The summed E-state index contributed by atoms with van der Waals surface area (Å²) in [7, 11) is 0. The molecule has 1 aliphatic heterocycles. The number of aromatic nitrogens is 3. The average molecular weight is 478 g/mol. The predicted octanol–water partition coefficient (Wildman–Crippen LogP) is 3.60. The van der Waals surface area contributed by atoms with E-state index in [4.69, 9.17) is 11.0 Å². The first kappa shape index (κ1) is 23.5. The Morgan fingerprint density at radius 3 is 2.49 bits per heavy atom. The lowest BCUT2D eigenvalue weighted by Crippen LogP contribution is -2.31. The number of anilines is 3. The fourth-order valence-corrected chi connectivity index (χ4v) is 3.78. The smallest absolute Gasteiger partial charge is 0.322 e. The molecule has 9 nitrogen and oxygen atoms in total. The number of benzene rings is 2. The standard InChI is InChI=1S/C23H17F3N8O/c1-13-18(11-28)20(15-7-5-14(10-27)6-8-15)34-22(31-21(32-34)30-19(35)12-29)33(13)17-4-2-3-16(9-17)23(24,25)26/h2-9,20H,12,29H2,1H3,(H,30,32,35). The number of hydrogen-bond acceptors (Lipinski definition) is 7. The second-order valence-corrected chi connectivity index (χ2v) is 7.56. The van der Waals surface area contributed by atoms with Crippen molar-refractivity contribution in [2.75, 3.05) is 16.8 Å². The van der Waals surface area contributed by atoms with Gasteiger partial charge in [0.15, 0.2) is 0 Å². The van der Waals surface area contributed by atoms with E-state index in [2.05, 4.69) is 21.5 Å². The monoisotopic (exact) mass is 478 g/mol. The molecule has 1 amide bonds. The molecule has 0 fully saturated rings. The second-order valence-electron chi connectivity index (χ2n) is 7.56. The minimum absolute atomic E-state index is 0.0857. The quantitative estimate of drug-likeness (QED) is 0.584. The Bertz CT molecular complexity index is 1410. The maximum absolute atomic E-state index is 13.4. The summed E-state index contributed by atoms with van der Waals surface area (Å²) in [6, 6.07) is 14.4. The van der Waals surface area contributed by atoms with Crippen LogP contribution in [-0.4, -0.2) is 27.2 Å². The predicted molar refractivity (Wildman–Crippen MR) is 119 cm³/mol. The number of carbonyl (C=O) groups excluding carboxylic acids is 1. The molecule has 1 atom stereocenters. The molecule has 3 N–H and O–H groups in total. The van der Waals surface area contributed by atoms with Crippen molar-refractivity contribution in [3.63, 3.8) is 0 Å². The molecule has 12 heteroatoms. The van der Waals surface area contributed by atoms with Crippen molar-refractivity contribution >= 4 is 23.5 Å². The third-order valence-electron chi connectivity index (χ3n) is 5.40. The highest BCUT2D eigenvalue weighted by atomic mass is 19.4. The highest BCUT2D eigenvalue weighted by Gasteiger charge is 2.37. The van der Waals surface area contributed by atoms with Crippen LogP contribution in [0.2, 0.25) is 0 Å². The number of alkyl halides is 3. The molecule has 0 radical (unpaired) electrons. The van der Waals surface area contributed by atoms with Gasteiger partial charge in [0.1, 0.15) is 6.04 Å². The van der Waals surface area contributed by atoms with Crippen LogP contribution in [0.5, 0.6) is 0 Å². The average Bonchev–Trinajstić information content (AvgIpc) is 3.25. The van der Waals surface area contributed by atoms with Crippen molar-refractivity contribution in [3.05, 3.63) is 76.5 Å². The number of nitrogens with one attached hydrogen (secondary N) is 1. The zero-order chi connectivity index (χ0) is 25.3. The molecule has 2 aromatic carbocycles. The highest BCUT2D eigenvalue weighted by Crippen LogP contribution is 2.43. The van der Waals surface area contributed by atoms with E-state index in [9.17, 15) is 23.2 Å². The number of nitriles is 2. The van der Waals surface area contributed by atoms with E-state index in [-0.39, 0.29) is 29.7 Å². The first-order valence-corrected chi connectivity index (χ1v) is 10.2. The zero-order valence-corrected chi connectivity index (χ0v) is 18.2. The molecule has 1 aromatic heterocycles. The van der Waals surface area contributed by atoms with Gasteiger partial charge in [-0.25, -0.2) is 4.68 Å². The van der Waals surface area contributed by atoms with E-state index in [1.807, 2.05) is 6.07 Å². The van der Waals surface area contributed by atoms with Crippen molar-refractivity contribution in [1.82, 2.24) is 14.8 Å². The summed E-state index contributed by atoms with van der Waals surface area (Å²) in [5.41, 5.74) is 6.11. The maximum atomic E-state index is 13.4. The molecule has 4 rings (SSSR count). The van der Waals surface area contributed by atoms with Crippen LogP contribution in [0.1, 0.15) is 29.7 Å². The minimum Gasteiger partial charge on any atom is -0.322 e. The van der Waals surface area contributed by atoms with Gasteiger partial charge in [-0.1, -0.05) is 18.2 Å². The van der Waals surface area contributed by atoms with E-state index >= 15 is 0 Å². The minimum atomic E-state index is -4.58. The molecule has 35 heavy (non-hydrogen) atoms. The summed E-state index contributed by atoms with van der Waals surface area (Å²) in [6.45, 7) is 1.26. The normalized spacial score (nSPS) is 15.3. The SMILES string of the molecule is CC1=C(C#N)C(c2ccc(C#N)cc2)n2nc(NC(=O)CN)nc2N1c1cccc(C(F)(F)F)c1. The van der Waals surface area contributed by atoms with Crippen LogP contribution in [0.15, 0.2) is 59.8 Å². The Morgan fingerprint density at radius 2 is 1.89 bits per heavy atom. The van der Waals surface area contributed by atoms with E-state index in [1.165, 1.54) is 21.7 Å². The molecule has 1 aliphatic rings. The number of halogens is 3. The van der Waals surface area contributed by atoms with Gasteiger partial charge in [0.05, 0.1) is 35.4 Å². The summed E-state index contributed by atoms with van der Waals surface area (Å²) in [5.74, 6) is -0.612. The number of fused-ring (bicyclic) bond motifs is 1. The van der Waals surface area contributed by atoms with Crippen molar-refractivity contribution in [3.8, 4) is 12.1 Å². The van der Waals surface area contributed by atoms with E-state index in [1.54, 1.807) is 31.2 Å². The third kappa shape index (κ3) is 4.30. The Morgan fingerprint density at radius 1 is 1.17 bits per heavy atom. The number of carbonyl (C=O) groups is 1. The molecule has 2 heterocycles. The van der Waals surface area contributed by atoms with E-state index < -0.39 is 23.7 Å². The van der Waals surface area contributed by atoms with Gasteiger partial charge in [0, 0.05) is 11.4 Å². The fourth-order valence-electron chi connectivity index (χ4n) is 3.78. The number of nitrogens with two attached hydrogens (primary N) is 1. The number of rotatable bonds is 4. The van der Waals surface area contributed by atoms with Crippen LogP contribution in [0, 0.1) is 22.7 Å². The number of allylic oxidation sites excluding steroid dienone is 2. The molecular formula is C23H17F3N8O. The van der Waals surface area contributed by atoms with Gasteiger partial charge in [0.25, 0.3) is 5.95 Å². The fraction of sp³-hybridized carbons (Fsp3) is 0.174. The molecular weight excluding hydrogens is 461 g/mol. The lowest BCUT2D eigenvalue weighted by molar-refractivity contribution is -0.137. The van der Waals surface area contributed by atoms with Crippen molar-refractivity contribution in [2.24, 2.45) is 5.73 Å². The molecule has 1 unspecified atom stereocenters. The van der Waals surface area contributed by atoms with E-state index in [0.29, 0.717) is 16.8 Å². The van der Waals surface area contributed by atoms with Crippen molar-refractivity contribution in [1.29, 1.82) is 10.5 Å². The van der Waals surface area contributed by atoms with Crippen molar-refractivity contribution in [2.45, 2.75) is 19.1 Å². The molecule has 176 valence electrons. The lowest BCUT2D eigenvalue weighted by Gasteiger charge is -2.34. The highest BCUT2D eigenvalue weighted by molar-refractivity contribution is 5.90. The zero-order valence-electron chi connectivity index (χ0n) is 18.2. The summed E-state index contributed by atoms with van der Waals surface area (Å²) in [6.07, 6.45) is -4.58. The molecule has 0 bridgehead atoms. The maximum Gasteiger partial charge on any atom is 0.416 e. The number of hydrogen-bond donors (Lipinski definition) is 2. The van der Waals surface area contributed by atoms with Crippen LogP contribution in [0.4, 0.5) is 30.8 Å². The Labute approximate surface area is 197 Å². The largest absolute Gasteiger partial charge is 0.416 e. The lowest BCUT2D eigenvalue weighted by atomic mass is 9.95. The van der Waals surface area contributed by atoms with Gasteiger partial charge in [0.2, 0.25) is 11.9 Å². The van der Waals surface area contributed by atoms with Gasteiger partial charge in [-0.2, -0.15) is 28.7 Å². The van der Waals surface area contributed by atoms with Crippen LogP contribution in [0.3, 0.4) is 0 Å². The Hall–Kier alpha value is -4.68. The van der Waals surface area contributed by atoms with Gasteiger partial charge in [-0.05, 0) is 42.8 Å². The first-order valence-electron chi connectivity index (χ1n) is 10.2. The Balaban J connectivity index is 1.94. The summed E-state index contributed by atoms with van der Waals surface area (Å²) in [4.78, 5) is 17.6. The van der Waals surface area contributed by atoms with Crippen LogP contribution >= 0.6 is 0 Å². The summed E-state index contributed by atoms with van der Waals surface area (Å²) < 4.78 is 41.6. The van der Waals surface area contributed by atoms with Gasteiger partial charge in [-0.3, -0.25) is 15.0 Å². The molecule has 0 spiro atoms. The van der Waals surface area contributed by atoms with Crippen LogP contribution in [-0.2, 0) is 11.0 Å². The molecule has 0 saturated carbocycles. The van der Waals surface area contributed by atoms with Gasteiger partial charge >= 0.3 is 6.18 Å². The number of nitrogens with zero attached hydrogens (tertiary/aromatic N) is 6. The summed E-state index contributed by atoms with van der Waals surface area (Å²) >= 11 is 0. The molecule has 0 saturated heterocycles. The Kier molecular flexibility index (Phi) is 5.99. The first-order chi connectivity index (χ1) is 16.7. The topological polar surface area (TPSA) is 137 Å². The van der Waals surface area contributed by atoms with E-state index in [0.717, 1.165) is 12.1 Å². The van der Waals surface area contributed by atoms with Gasteiger partial charge in [-0.15, -0.1) is 5.10 Å². The number of amides is 1. The van der Waals surface area contributed by atoms with Crippen molar-refractivity contribution < 1.29 is 18.0 Å². The van der Waals surface area contributed by atoms with Crippen LogP contribution < -0.4 is 16.0 Å². The summed E-state index contributed by atoms with van der Waals surface area (Å²) in [5, 5.41) is 25.9. The molecule has 3 aromatic rings. The van der Waals surface area contributed by atoms with Gasteiger partial charge < -0.3 is 5.73 Å². The second kappa shape index (κ2) is 8.93. The third-order valence-corrected chi connectivity index (χ3v) is 5.40. The molecule has 0 aliphatic carbocycles.